The average molecular weight is 377 g/mol. The van der Waals surface area contributed by atoms with E-state index in [0.717, 1.165) is 36.1 Å². The molecule has 0 spiro atoms. The predicted octanol–water partition coefficient (Wildman–Crippen LogP) is 4.68. The molecule has 2 aliphatic rings. The Bertz CT molecular complexity index is 714. The number of para-hydroxylation sites is 1. The third-order valence-corrected chi connectivity index (χ3v) is 6.02. The van der Waals surface area contributed by atoms with Crippen molar-refractivity contribution in [3.8, 4) is 0 Å². The Hall–Kier alpha value is -1.52. The Balaban J connectivity index is 0.00000196. The van der Waals surface area contributed by atoms with E-state index in [2.05, 4.69) is 31.3 Å². The molecule has 3 heterocycles. The number of amides is 1. The normalized spacial score (nSPS) is 25.7. The van der Waals surface area contributed by atoms with Gasteiger partial charge >= 0.3 is 0 Å². The number of hydrogen-bond donors (Lipinski definition) is 1. The summed E-state index contributed by atoms with van der Waals surface area (Å²) in [7, 11) is 0. The highest BCUT2D eigenvalue weighted by Crippen LogP contribution is 2.34. The maximum absolute atomic E-state index is 13.0. The van der Waals surface area contributed by atoms with Crippen LogP contribution in [0.4, 0.5) is 0 Å². The molecule has 142 valence electrons. The maximum atomic E-state index is 13.0. The first kappa shape index (κ1) is 19.2. The SMILES string of the molecule is CCN(C(=O)CC1CC2CCC(C1)N2)C(C)c1cc2ccccc2o1.Cl. The molecule has 2 aliphatic heterocycles. The zero-order valence-electron chi connectivity index (χ0n) is 15.6. The molecule has 1 N–H and O–H groups in total. The molecule has 0 radical (unpaired) electrons. The zero-order chi connectivity index (χ0) is 17.4. The van der Waals surface area contributed by atoms with Gasteiger partial charge in [-0.25, -0.2) is 0 Å². The van der Waals surface area contributed by atoms with Gasteiger partial charge in [0.15, 0.2) is 0 Å². The van der Waals surface area contributed by atoms with Crippen LogP contribution in [0, 0.1) is 5.92 Å². The summed E-state index contributed by atoms with van der Waals surface area (Å²) in [6.07, 6.45) is 5.54. The molecule has 1 aromatic carbocycles. The van der Waals surface area contributed by atoms with Crippen molar-refractivity contribution in [1.29, 1.82) is 0 Å². The zero-order valence-corrected chi connectivity index (χ0v) is 16.4. The molecule has 2 fully saturated rings. The van der Waals surface area contributed by atoms with Crippen LogP contribution in [-0.4, -0.2) is 29.4 Å². The van der Waals surface area contributed by atoms with Crippen molar-refractivity contribution in [1.82, 2.24) is 10.2 Å². The largest absolute Gasteiger partial charge is 0.459 e. The third-order valence-electron chi connectivity index (χ3n) is 6.02. The molecular formula is C21H29ClN2O2. The summed E-state index contributed by atoms with van der Waals surface area (Å²) >= 11 is 0. The fraction of sp³-hybridized carbons (Fsp3) is 0.571. The van der Waals surface area contributed by atoms with Gasteiger partial charge in [-0.15, -0.1) is 12.4 Å². The molecule has 4 nitrogen and oxygen atoms in total. The number of hydrogen-bond acceptors (Lipinski definition) is 3. The predicted molar refractivity (Wildman–Crippen MR) is 107 cm³/mol. The minimum atomic E-state index is -0.0247. The highest BCUT2D eigenvalue weighted by Gasteiger charge is 2.35. The first-order valence-electron chi connectivity index (χ1n) is 9.68. The molecule has 2 aromatic rings. The lowest BCUT2D eigenvalue weighted by Gasteiger charge is -2.32. The first-order chi connectivity index (χ1) is 12.1. The van der Waals surface area contributed by atoms with Crippen LogP contribution in [0.15, 0.2) is 34.7 Å². The topological polar surface area (TPSA) is 45.5 Å². The third kappa shape index (κ3) is 3.77. The van der Waals surface area contributed by atoms with Gasteiger partial charge < -0.3 is 14.6 Å². The summed E-state index contributed by atoms with van der Waals surface area (Å²) in [6, 6.07) is 11.4. The van der Waals surface area contributed by atoms with E-state index in [1.54, 1.807) is 0 Å². The first-order valence-corrected chi connectivity index (χ1v) is 9.68. The summed E-state index contributed by atoms with van der Waals surface area (Å²) in [5.41, 5.74) is 0.891. The van der Waals surface area contributed by atoms with Gasteiger partial charge in [0.25, 0.3) is 0 Å². The summed E-state index contributed by atoms with van der Waals surface area (Å²) in [5.74, 6) is 1.67. The fourth-order valence-corrected chi connectivity index (χ4v) is 4.73. The smallest absolute Gasteiger partial charge is 0.223 e. The number of furan rings is 1. The lowest BCUT2D eigenvalue weighted by Crippen LogP contribution is -2.41. The fourth-order valence-electron chi connectivity index (χ4n) is 4.73. The summed E-state index contributed by atoms with van der Waals surface area (Å²) in [4.78, 5) is 14.9. The summed E-state index contributed by atoms with van der Waals surface area (Å²) in [6.45, 7) is 4.85. The molecular weight excluding hydrogens is 348 g/mol. The Morgan fingerprint density at radius 3 is 2.62 bits per heavy atom. The lowest BCUT2D eigenvalue weighted by molar-refractivity contribution is -0.134. The number of halogens is 1. The molecule has 5 heteroatoms. The van der Waals surface area contributed by atoms with Gasteiger partial charge in [0.2, 0.25) is 5.91 Å². The van der Waals surface area contributed by atoms with E-state index in [4.69, 9.17) is 4.42 Å². The van der Waals surface area contributed by atoms with E-state index in [1.165, 1.54) is 12.8 Å². The molecule has 2 saturated heterocycles. The quantitative estimate of drug-likeness (QED) is 0.823. The van der Waals surface area contributed by atoms with Crippen molar-refractivity contribution in [3.05, 3.63) is 36.1 Å². The van der Waals surface area contributed by atoms with Crippen LogP contribution in [-0.2, 0) is 4.79 Å². The summed E-state index contributed by atoms with van der Waals surface area (Å²) < 4.78 is 5.99. The van der Waals surface area contributed by atoms with Gasteiger partial charge in [0.05, 0.1) is 6.04 Å². The minimum absolute atomic E-state index is 0. The van der Waals surface area contributed by atoms with Crippen LogP contribution < -0.4 is 5.32 Å². The van der Waals surface area contributed by atoms with Crippen LogP contribution in [0.25, 0.3) is 11.0 Å². The van der Waals surface area contributed by atoms with Crippen LogP contribution in [0.2, 0.25) is 0 Å². The number of nitrogens with zero attached hydrogens (tertiary/aromatic N) is 1. The second-order valence-electron chi connectivity index (χ2n) is 7.72. The highest BCUT2D eigenvalue weighted by molar-refractivity contribution is 5.85. The second-order valence-corrected chi connectivity index (χ2v) is 7.72. The molecule has 3 atom stereocenters. The highest BCUT2D eigenvalue weighted by atomic mass is 35.5. The van der Waals surface area contributed by atoms with Crippen LogP contribution in [0.1, 0.15) is 57.8 Å². The van der Waals surface area contributed by atoms with E-state index in [0.29, 0.717) is 24.4 Å². The van der Waals surface area contributed by atoms with Crippen molar-refractivity contribution in [2.24, 2.45) is 5.92 Å². The van der Waals surface area contributed by atoms with Crippen molar-refractivity contribution >= 4 is 29.3 Å². The molecule has 4 rings (SSSR count). The molecule has 2 bridgehead atoms. The number of rotatable bonds is 5. The van der Waals surface area contributed by atoms with Crippen LogP contribution in [0.5, 0.6) is 0 Å². The standard InChI is InChI=1S/C21H28N2O2.ClH/c1-3-23(14(2)20-13-16-6-4-5-7-19(16)25-20)21(24)12-15-10-17-8-9-18(11-15)22-17;/h4-7,13-15,17-18,22H,3,8-12H2,1-2H3;1H. The Morgan fingerprint density at radius 1 is 1.27 bits per heavy atom. The number of carbonyl (C=O) groups excluding carboxylic acids is 1. The number of piperidine rings is 1. The Morgan fingerprint density at radius 2 is 1.96 bits per heavy atom. The number of benzene rings is 1. The van der Waals surface area contributed by atoms with Gasteiger partial charge in [0, 0.05) is 30.4 Å². The van der Waals surface area contributed by atoms with Gasteiger partial charge in [-0.2, -0.15) is 0 Å². The Kier molecular flexibility index (Phi) is 5.93. The van der Waals surface area contributed by atoms with Gasteiger partial charge in [-0.05, 0) is 57.6 Å². The van der Waals surface area contributed by atoms with Crippen molar-refractivity contribution < 1.29 is 9.21 Å². The second kappa shape index (κ2) is 8.01. The number of fused-ring (bicyclic) bond motifs is 3. The minimum Gasteiger partial charge on any atom is -0.459 e. The van der Waals surface area contributed by atoms with Crippen molar-refractivity contribution in [2.45, 2.75) is 64.1 Å². The van der Waals surface area contributed by atoms with E-state index < -0.39 is 0 Å². The average Bonchev–Trinajstić information content (AvgIpc) is 3.18. The lowest BCUT2D eigenvalue weighted by atomic mass is 9.89. The maximum Gasteiger partial charge on any atom is 0.223 e. The van der Waals surface area contributed by atoms with E-state index in [-0.39, 0.29) is 24.4 Å². The van der Waals surface area contributed by atoms with Crippen molar-refractivity contribution in [3.63, 3.8) is 0 Å². The van der Waals surface area contributed by atoms with Gasteiger partial charge in [0.1, 0.15) is 11.3 Å². The van der Waals surface area contributed by atoms with Gasteiger partial charge in [-0.1, -0.05) is 18.2 Å². The monoisotopic (exact) mass is 376 g/mol. The summed E-state index contributed by atoms with van der Waals surface area (Å²) in [5, 5.41) is 4.76. The molecule has 3 unspecified atom stereocenters. The van der Waals surface area contributed by atoms with Gasteiger partial charge in [-0.3, -0.25) is 4.79 Å². The molecule has 0 saturated carbocycles. The number of carbonyl (C=O) groups is 1. The van der Waals surface area contributed by atoms with E-state index >= 15 is 0 Å². The molecule has 26 heavy (non-hydrogen) atoms. The van der Waals surface area contributed by atoms with E-state index in [1.807, 2.05) is 23.1 Å². The molecule has 1 amide bonds. The number of nitrogens with one attached hydrogen (secondary N) is 1. The molecule has 0 aliphatic carbocycles. The van der Waals surface area contributed by atoms with Crippen molar-refractivity contribution in [2.75, 3.05) is 6.54 Å². The van der Waals surface area contributed by atoms with E-state index in [9.17, 15) is 4.79 Å². The molecule has 1 aromatic heterocycles. The van der Waals surface area contributed by atoms with Crippen LogP contribution in [0.3, 0.4) is 0 Å². The Labute approximate surface area is 161 Å². The van der Waals surface area contributed by atoms with Crippen LogP contribution >= 0.6 is 12.4 Å².